The highest BCUT2D eigenvalue weighted by Gasteiger charge is 2.12. The van der Waals surface area contributed by atoms with Gasteiger partial charge in [-0.05, 0) is 84.6 Å². The van der Waals surface area contributed by atoms with Crippen molar-refractivity contribution >= 4 is 51.7 Å². The first-order valence-electron chi connectivity index (χ1n) is 8.86. The Hall–Kier alpha value is -2.40. The molecule has 0 saturated carbocycles. The summed E-state index contributed by atoms with van der Waals surface area (Å²) < 4.78 is 11.7. The van der Waals surface area contributed by atoms with Crippen LogP contribution < -0.4 is 25.6 Å². The lowest BCUT2D eigenvalue weighted by Gasteiger charge is -2.14. The molecule has 29 heavy (non-hydrogen) atoms. The summed E-state index contributed by atoms with van der Waals surface area (Å²) in [5.74, 6) is 0.474. The van der Waals surface area contributed by atoms with E-state index in [-0.39, 0.29) is 11.2 Å². The fourth-order valence-electron chi connectivity index (χ4n) is 2.23. The molecule has 0 bridgehead atoms. The van der Waals surface area contributed by atoms with Gasteiger partial charge < -0.3 is 9.47 Å². The predicted molar refractivity (Wildman–Crippen MR) is 123 cm³/mol. The fraction of sp³-hybridized carbons (Fsp3) is 0.250. The van der Waals surface area contributed by atoms with Gasteiger partial charge in [0.1, 0.15) is 11.5 Å². The minimum absolute atomic E-state index is 0.0280. The molecule has 7 nitrogen and oxygen atoms in total. The molecular formula is C20H22IN3O4S. The molecule has 2 amide bonds. The summed E-state index contributed by atoms with van der Waals surface area (Å²) >= 11 is 7.15. The minimum Gasteiger partial charge on any atom is -0.496 e. The minimum atomic E-state index is -0.412. The largest absolute Gasteiger partial charge is 0.496 e. The average Bonchev–Trinajstić information content (AvgIpc) is 2.71. The van der Waals surface area contributed by atoms with E-state index in [4.69, 9.17) is 21.7 Å². The van der Waals surface area contributed by atoms with Crippen molar-refractivity contribution in [1.82, 2.24) is 16.2 Å². The van der Waals surface area contributed by atoms with Crippen LogP contribution in [0.25, 0.3) is 0 Å². The molecule has 0 fully saturated rings. The Kier molecular flexibility index (Phi) is 8.65. The number of hydrazine groups is 1. The smallest absolute Gasteiger partial charge is 0.269 e. The van der Waals surface area contributed by atoms with E-state index < -0.39 is 11.8 Å². The highest BCUT2D eigenvalue weighted by Crippen LogP contribution is 2.21. The Morgan fingerprint density at radius 2 is 1.83 bits per heavy atom. The van der Waals surface area contributed by atoms with Crippen molar-refractivity contribution in [3.63, 3.8) is 0 Å². The monoisotopic (exact) mass is 527 g/mol. The highest BCUT2D eigenvalue weighted by molar-refractivity contribution is 14.1. The van der Waals surface area contributed by atoms with Gasteiger partial charge in [-0.3, -0.25) is 25.8 Å². The van der Waals surface area contributed by atoms with E-state index in [2.05, 4.69) is 38.8 Å². The van der Waals surface area contributed by atoms with E-state index in [1.807, 2.05) is 13.8 Å². The number of methoxy groups -OCH3 is 1. The zero-order chi connectivity index (χ0) is 21.4. The predicted octanol–water partition coefficient (Wildman–Crippen LogP) is 3.43. The van der Waals surface area contributed by atoms with Crippen LogP contribution in [0.3, 0.4) is 0 Å². The maximum atomic E-state index is 12.4. The van der Waals surface area contributed by atoms with Crippen LogP contribution in [0.15, 0.2) is 42.5 Å². The van der Waals surface area contributed by atoms with Crippen LogP contribution in [-0.4, -0.2) is 30.1 Å². The second kappa shape index (κ2) is 11.0. The van der Waals surface area contributed by atoms with Crippen molar-refractivity contribution in [2.45, 2.75) is 26.4 Å². The molecule has 0 aliphatic heterocycles. The standard InChI is InChI=1S/C20H22IN3O4S/c1-4-12(2)28-15-7-5-6-13(10-15)18(25)22-20(29)24-23-19(26)14-8-9-17(27-3)16(21)11-14/h5-12H,4H2,1-3H3,(H,23,26)(H2,22,24,25,29). The number of hydrogen-bond acceptors (Lipinski definition) is 5. The van der Waals surface area contributed by atoms with Crippen LogP contribution in [0.5, 0.6) is 11.5 Å². The van der Waals surface area contributed by atoms with Gasteiger partial charge in [0.05, 0.1) is 16.8 Å². The summed E-state index contributed by atoms with van der Waals surface area (Å²) in [6, 6.07) is 11.8. The lowest BCUT2D eigenvalue weighted by molar-refractivity contribution is 0.0934. The first-order valence-corrected chi connectivity index (χ1v) is 10.3. The highest BCUT2D eigenvalue weighted by atomic mass is 127. The zero-order valence-electron chi connectivity index (χ0n) is 16.2. The Balaban J connectivity index is 1.90. The van der Waals surface area contributed by atoms with Gasteiger partial charge in [-0.25, -0.2) is 0 Å². The van der Waals surface area contributed by atoms with Crippen LogP contribution in [0, 0.1) is 3.57 Å². The number of halogens is 1. The third-order valence-corrected chi connectivity index (χ3v) is 4.99. The van der Waals surface area contributed by atoms with Crippen LogP contribution >= 0.6 is 34.8 Å². The number of nitrogens with one attached hydrogen (secondary N) is 3. The van der Waals surface area contributed by atoms with Crippen molar-refractivity contribution < 1.29 is 19.1 Å². The number of ether oxygens (including phenoxy) is 2. The second-order valence-corrected chi connectivity index (χ2v) is 7.65. The van der Waals surface area contributed by atoms with Gasteiger partial charge in [0.2, 0.25) is 0 Å². The Bertz CT molecular complexity index is 907. The van der Waals surface area contributed by atoms with Crippen molar-refractivity contribution in [3.05, 3.63) is 57.2 Å². The quantitative estimate of drug-likeness (QED) is 0.303. The number of carbonyl (C=O) groups excluding carboxylic acids is 2. The molecular weight excluding hydrogens is 505 g/mol. The SMILES string of the molecule is CCC(C)Oc1cccc(C(=O)NC(=S)NNC(=O)c2ccc(OC)c(I)c2)c1. The molecule has 2 rings (SSSR count). The molecule has 9 heteroatoms. The molecule has 2 aromatic rings. The van der Waals surface area contributed by atoms with Gasteiger partial charge in [0, 0.05) is 11.1 Å². The molecule has 1 atom stereocenters. The summed E-state index contributed by atoms with van der Waals surface area (Å²) in [4.78, 5) is 24.6. The van der Waals surface area contributed by atoms with E-state index >= 15 is 0 Å². The summed E-state index contributed by atoms with van der Waals surface area (Å²) in [7, 11) is 1.56. The normalized spacial score (nSPS) is 11.2. The summed E-state index contributed by atoms with van der Waals surface area (Å²) in [6.45, 7) is 3.98. The van der Waals surface area contributed by atoms with Gasteiger partial charge >= 0.3 is 0 Å². The summed E-state index contributed by atoms with van der Waals surface area (Å²) in [5.41, 5.74) is 5.79. The molecule has 1 unspecified atom stereocenters. The van der Waals surface area contributed by atoms with Gasteiger partial charge in [0.25, 0.3) is 11.8 Å². The van der Waals surface area contributed by atoms with Gasteiger partial charge in [-0.2, -0.15) is 0 Å². The molecule has 0 radical (unpaired) electrons. The summed E-state index contributed by atoms with van der Waals surface area (Å²) in [5, 5.41) is 2.49. The lowest BCUT2D eigenvalue weighted by Crippen LogP contribution is -2.48. The van der Waals surface area contributed by atoms with Gasteiger partial charge in [0.15, 0.2) is 5.11 Å². The molecule has 154 valence electrons. The Morgan fingerprint density at radius 1 is 1.10 bits per heavy atom. The van der Waals surface area contributed by atoms with E-state index in [9.17, 15) is 9.59 Å². The molecule has 2 aromatic carbocycles. The van der Waals surface area contributed by atoms with Gasteiger partial charge in [-0.1, -0.05) is 13.0 Å². The molecule has 0 aliphatic rings. The topological polar surface area (TPSA) is 88.7 Å². The molecule has 0 spiro atoms. The number of carbonyl (C=O) groups is 2. The number of amides is 2. The average molecular weight is 527 g/mol. The van der Waals surface area contributed by atoms with Gasteiger partial charge in [-0.15, -0.1) is 0 Å². The third kappa shape index (κ3) is 6.86. The Morgan fingerprint density at radius 3 is 2.48 bits per heavy atom. The van der Waals surface area contributed by atoms with Crippen molar-refractivity contribution in [2.75, 3.05) is 7.11 Å². The van der Waals surface area contributed by atoms with E-state index in [1.54, 1.807) is 49.6 Å². The maximum Gasteiger partial charge on any atom is 0.269 e. The van der Waals surface area contributed by atoms with Crippen LogP contribution in [0.2, 0.25) is 0 Å². The van der Waals surface area contributed by atoms with Crippen molar-refractivity contribution in [3.8, 4) is 11.5 Å². The number of hydrogen-bond donors (Lipinski definition) is 3. The van der Waals surface area contributed by atoms with E-state index in [1.165, 1.54) is 0 Å². The van der Waals surface area contributed by atoms with E-state index in [0.717, 1.165) is 9.99 Å². The number of rotatable bonds is 6. The van der Waals surface area contributed by atoms with Crippen LogP contribution in [0.1, 0.15) is 41.0 Å². The van der Waals surface area contributed by atoms with Crippen molar-refractivity contribution in [1.29, 1.82) is 0 Å². The first kappa shape index (κ1) is 22.9. The third-order valence-electron chi connectivity index (χ3n) is 3.94. The molecule has 3 N–H and O–H groups in total. The molecule has 0 aliphatic carbocycles. The first-order chi connectivity index (χ1) is 13.8. The molecule has 0 heterocycles. The van der Waals surface area contributed by atoms with Crippen LogP contribution in [0.4, 0.5) is 0 Å². The lowest BCUT2D eigenvalue weighted by atomic mass is 10.2. The Labute approximate surface area is 188 Å². The fourth-order valence-corrected chi connectivity index (χ4v) is 3.11. The molecule has 0 saturated heterocycles. The molecule has 0 aromatic heterocycles. The van der Waals surface area contributed by atoms with E-state index in [0.29, 0.717) is 22.6 Å². The number of benzene rings is 2. The zero-order valence-corrected chi connectivity index (χ0v) is 19.2. The maximum absolute atomic E-state index is 12.4. The van der Waals surface area contributed by atoms with Crippen LogP contribution in [-0.2, 0) is 0 Å². The summed E-state index contributed by atoms with van der Waals surface area (Å²) in [6.07, 6.45) is 0.907. The second-order valence-electron chi connectivity index (χ2n) is 6.08. The number of thiocarbonyl (C=S) groups is 1. The van der Waals surface area contributed by atoms with Crippen molar-refractivity contribution in [2.24, 2.45) is 0 Å².